The normalized spacial score (nSPS) is 27.7. The molecule has 114 valence electrons. The first kappa shape index (κ1) is 14.5. The van der Waals surface area contributed by atoms with Crippen LogP contribution in [0.15, 0.2) is 23.1 Å². The third-order valence-electron chi connectivity index (χ3n) is 4.19. The molecule has 2 aliphatic rings. The van der Waals surface area contributed by atoms with Crippen LogP contribution in [0.4, 0.5) is 4.39 Å². The van der Waals surface area contributed by atoms with Crippen molar-refractivity contribution in [1.29, 1.82) is 0 Å². The van der Waals surface area contributed by atoms with Crippen LogP contribution in [0.25, 0.3) is 0 Å². The summed E-state index contributed by atoms with van der Waals surface area (Å²) in [5, 5.41) is 3.20. The molecule has 1 N–H and O–H groups in total. The summed E-state index contributed by atoms with van der Waals surface area (Å²) in [6.45, 7) is 0.678. The number of nitrogens with zero attached hydrogens (tertiary/aromatic N) is 1. The fourth-order valence-electron chi connectivity index (χ4n) is 3.01. The summed E-state index contributed by atoms with van der Waals surface area (Å²) in [6, 6.07) is 3.10. The van der Waals surface area contributed by atoms with Gasteiger partial charge in [-0.3, -0.25) is 10.1 Å². The van der Waals surface area contributed by atoms with Gasteiger partial charge in [-0.1, -0.05) is 0 Å². The minimum atomic E-state index is -3.35. The van der Waals surface area contributed by atoms with Crippen LogP contribution >= 0.6 is 0 Å². The Bertz CT molecular complexity index is 689. The summed E-state index contributed by atoms with van der Waals surface area (Å²) in [5.41, 5.74) is 0.434. The number of carbonyl (C=O) groups excluding carboxylic acids is 1. The van der Waals surface area contributed by atoms with Gasteiger partial charge in [0, 0.05) is 19.6 Å². The first-order valence-electron chi connectivity index (χ1n) is 6.92. The van der Waals surface area contributed by atoms with Gasteiger partial charge in [0.2, 0.25) is 5.91 Å². The van der Waals surface area contributed by atoms with Gasteiger partial charge in [-0.2, -0.15) is 0 Å². The van der Waals surface area contributed by atoms with Crippen LogP contribution in [0.3, 0.4) is 0 Å². The number of hydrogen-bond donors (Lipinski definition) is 1. The van der Waals surface area contributed by atoms with E-state index >= 15 is 0 Å². The first-order valence-corrected chi connectivity index (χ1v) is 8.57. The summed E-state index contributed by atoms with van der Waals surface area (Å²) in [6.07, 6.45) is 1.04. The third-order valence-corrected chi connectivity index (χ3v) is 6.00. The van der Waals surface area contributed by atoms with E-state index in [9.17, 15) is 17.6 Å². The molecule has 5 nitrogen and oxygen atoms in total. The van der Waals surface area contributed by atoms with Crippen molar-refractivity contribution in [2.75, 3.05) is 19.3 Å². The second kappa shape index (κ2) is 5.06. The SMILES string of the molecule is CN1CCC(NC2CCS(=O)(=O)c3ccc(F)cc32)C1=O. The van der Waals surface area contributed by atoms with Crippen molar-refractivity contribution in [1.82, 2.24) is 10.2 Å². The average Bonchev–Trinajstić information content (AvgIpc) is 2.73. The van der Waals surface area contributed by atoms with Gasteiger partial charge >= 0.3 is 0 Å². The van der Waals surface area contributed by atoms with Crippen molar-refractivity contribution < 1.29 is 17.6 Å². The van der Waals surface area contributed by atoms with E-state index in [-0.39, 0.29) is 28.6 Å². The maximum absolute atomic E-state index is 13.5. The van der Waals surface area contributed by atoms with Crippen LogP contribution in [0.2, 0.25) is 0 Å². The number of amides is 1. The molecule has 1 aromatic carbocycles. The highest BCUT2D eigenvalue weighted by atomic mass is 32.2. The lowest BCUT2D eigenvalue weighted by Gasteiger charge is -2.28. The van der Waals surface area contributed by atoms with Gasteiger partial charge in [0.05, 0.1) is 16.7 Å². The Morgan fingerprint density at radius 3 is 2.71 bits per heavy atom. The van der Waals surface area contributed by atoms with Gasteiger partial charge in [-0.25, -0.2) is 12.8 Å². The lowest BCUT2D eigenvalue weighted by molar-refractivity contribution is -0.128. The molecule has 21 heavy (non-hydrogen) atoms. The van der Waals surface area contributed by atoms with Crippen LogP contribution in [0.1, 0.15) is 24.4 Å². The van der Waals surface area contributed by atoms with Gasteiger partial charge < -0.3 is 4.90 Å². The molecule has 1 fully saturated rings. The molecule has 0 aromatic heterocycles. The molecule has 1 amide bonds. The zero-order valence-corrected chi connectivity index (χ0v) is 12.5. The Morgan fingerprint density at radius 1 is 1.29 bits per heavy atom. The molecule has 0 bridgehead atoms. The van der Waals surface area contributed by atoms with Gasteiger partial charge in [-0.15, -0.1) is 0 Å². The number of rotatable bonds is 2. The lowest BCUT2D eigenvalue weighted by atomic mass is 10.0. The molecular weight excluding hydrogens is 295 g/mol. The van der Waals surface area contributed by atoms with Crippen LogP contribution in [-0.4, -0.2) is 44.6 Å². The number of likely N-dealkylation sites (N-methyl/N-ethyl adjacent to an activating group) is 1. The molecule has 0 radical (unpaired) electrons. The van der Waals surface area contributed by atoms with Crippen molar-refractivity contribution in [3.05, 3.63) is 29.6 Å². The topological polar surface area (TPSA) is 66.5 Å². The molecule has 2 heterocycles. The Kier molecular flexibility index (Phi) is 3.49. The highest BCUT2D eigenvalue weighted by Crippen LogP contribution is 2.33. The monoisotopic (exact) mass is 312 g/mol. The lowest BCUT2D eigenvalue weighted by Crippen LogP contribution is -2.41. The van der Waals surface area contributed by atoms with Gasteiger partial charge in [-0.05, 0) is 36.6 Å². The molecule has 3 rings (SSSR count). The number of halogens is 1. The fraction of sp³-hybridized carbons (Fsp3) is 0.500. The highest BCUT2D eigenvalue weighted by Gasteiger charge is 2.35. The van der Waals surface area contributed by atoms with Crippen molar-refractivity contribution in [3.63, 3.8) is 0 Å². The summed E-state index contributed by atoms with van der Waals surface area (Å²) < 4.78 is 37.6. The van der Waals surface area contributed by atoms with E-state index in [4.69, 9.17) is 0 Å². The third kappa shape index (κ3) is 2.55. The fourth-order valence-corrected chi connectivity index (χ4v) is 4.61. The Balaban J connectivity index is 1.92. The second-order valence-corrected chi connectivity index (χ2v) is 7.69. The van der Waals surface area contributed by atoms with E-state index in [2.05, 4.69) is 5.32 Å². The molecule has 2 unspecified atom stereocenters. The van der Waals surface area contributed by atoms with Crippen LogP contribution in [0, 0.1) is 5.82 Å². The van der Waals surface area contributed by atoms with Gasteiger partial charge in [0.25, 0.3) is 0 Å². The average molecular weight is 312 g/mol. The molecule has 1 aromatic rings. The van der Waals surface area contributed by atoms with Crippen molar-refractivity contribution >= 4 is 15.7 Å². The van der Waals surface area contributed by atoms with E-state index < -0.39 is 15.7 Å². The number of likely N-dealkylation sites (tertiary alicyclic amines) is 1. The largest absolute Gasteiger partial charge is 0.344 e. The van der Waals surface area contributed by atoms with Crippen LogP contribution < -0.4 is 5.32 Å². The summed E-state index contributed by atoms with van der Waals surface area (Å²) in [4.78, 5) is 13.8. The number of benzene rings is 1. The summed E-state index contributed by atoms with van der Waals surface area (Å²) in [7, 11) is -1.61. The standard InChI is InChI=1S/C14H17FN2O3S/c1-17-6-4-12(14(17)18)16-11-5-7-21(19,20)13-3-2-9(15)8-10(11)13/h2-3,8,11-12,16H,4-7H2,1H3. The van der Waals surface area contributed by atoms with Crippen molar-refractivity contribution in [2.45, 2.75) is 29.8 Å². The molecule has 1 saturated heterocycles. The van der Waals surface area contributed by atoms with Gasteiger partial charge in [0.15, 0.2) is 9.84 Å². The molecule has 2 atom stereocenters. The Hall–Kier alpha value is -1.47. The predicted molar refractivity (Wildman–Crippen MR) is 75.0 cm³/mol. The van der Waals surface area contributed by atoms with Crippen molar-refractivity contribution in [2.24, 2.45) is 0 Å². The number of hydrogen-bond acceptors (Lipinski definition) is 4. The Morgan fingerprint density at radius 2 is 2.05 bits per heavy atom. The van der Waals surface area contributed by atoms with Gasteiger partial charge in [0.1, 0.15) is 5.82 Å². The molecule has 2 aliphatic heterocycles. The second-order valence-electron chi connectivity index (χ2n) is 5.61. The molecule has 0 spiro atoms. The summed E-state index contributed by atoms with van der Waals surface area (Å²) in [5.74, 6) is -0.450. The Labute approximate surface area is 123 Å². The molecule has 0 saturated carbocycles. The summed E-state index contributed by atoms with van der Waals surface area (Å²) >= 11 is 0. The maximum Gasteiger partial charge on any atom is 0.239 e. The van der Waals surface area contributed by atoms with E-state index in [1.807, 2.05) is 0 Å². The number of fused-ring (bicyclic) bond motifs is 1. The first-order chi connectivity index (χ1) is 9.88. The van der Waals surface area contributed by atoms with Crippen molar-refractivity contribution in [3.8, 4) is 0 Å². The minimum absolute atomic E-state index is 0.00128. The smallest absolute Gasteiger partial charge is 0.239 e. The maximum atomic E-state index is 13.5. The molecule has 7 heteroatoms. The molecular formula is C14H17FN2O3S. The zero-order valence-electron chi connectivity index (χ0n) is 11.7. The van der Waals surface area contributed by atoms with Crippen LogP contribution in [0.5, 0.6) is 0 Å². The van der Waals surface area contributed by atoms with Crippen LogP contribution in [-0.2, 0) is 14.6 Å². The zero-order chi connectivity index (χ0) is 15.2. The number of sulfone groups is 1. The quantitative estimate of drug-likeness (QED) is 0.823. The van der Waals surface area contributed by atoms with E-state index in [1.54, 1.807) is 11.9 Å². The molecule has 0 aliphatic carbocycles. The minimum Gasteiger partial charge on any atom is -0.344 e. The van der Waals surface area contributed by atoms with E-state index in [1.165, 1.54) is 12.1 Å². The van der Waals surface area contributed by atoms with E-state index in [0.717, 1.165) is 6.07 Å². The number of nitrogens with one attached hydrogen (secondary N) is 1. The van der Waals surface area contributed by atoms with E-state index in [0.29, 0.717) is 24.9 Å². The highest BCUT2D eigenvalue weighted by molar-refractivity contribution is 7.91. The number of carbonyl (C=O) groups is 1. The predicted octanol–water partition coefficient (Wildman–Crippen LogP) is 0.865.